The number of ether oxygens (including phenoxy) is 2. The van der Waals surface area contributed by atoms with E-state index >= 15 is 0 Å². The number of carbonyl (C=O) groups excluding carboxylic acids is 2. The van der Waals surface area contributed by atoms with Gasteiger partial charge in [0.05, 0.1) is 0 Å². The molecule has 0 aliphatic heterocycles. The minimum absolute atomic E-state index is 0.0981. The Bertz CT molecular complexity index is 1060. The topological polar surface area (TPSA) is 52.6 Å². The molecule has 4 nitrogen and oxygen atoms in total. The molecule has 4 rings (SSSR count). The molecule has 1 saturated carbocycles. The van der Waals surface area contributed by atoms with Crippen molar-refractivity contribution in [2.45, 2.75) is 51.4 Å². The second kappa shape index (κ2) is 6.33. The molecule has 0 spiro atoms. The van der Waals surface area contributed by atoms with Crippen LogP contribution >= 0.6 is 0 Å². The molecule has 2 atom stereocenters. The molecule has 2 aromatic carbocycles. The maximum Gasteiger partial charge on any atom is 0.338 e. The van der Waals surface area contributed by atoms with Gasteiger partial charge in [-0.3, -0.25) is 0 Å². The molecule has 0 saturated heterocycles. The van der Waals surface area contributed by atoms with Gasteiger partial charge in [-0.2, -0.15) is 0 Å². The van der Waals surface area contributed by atoms with Crippen molar-refractivity contribution in [2.75, 3.05) is 0 Å². The highest BCUT2D eigenvalue weighted by atomic mass is 16.5. The summed E-state index contributed by atoms with van der Waals surface area (Å²) in [4.78, 5) is 24.5. The maximum atomic E-state index is 12.4. The molecule has 4 heteroatoms. The molecule has 2 unspecified atom stereocenters. The molecule has 28 heavy (non-hydrogen) atoms. The van der Waals surface area contributed by atoms with Crippen LogP contribution in [0.3, 0.4) is 0 Å². The zero-order chi connectivity index (χ0) is 20.2. The summed E-state index contributed by atoms with van der Waals surface area (Å²) in [6.07, 6.45) is 4.20. The molecule has 2 bridgehead atoms. The van der Waals surface area contributed by atoms with Crippen LogP contribution in [0.5, 0.6) is 11.5 Å². The van der Waals surface area contributed by atoms with E-state index in [1.165, 1.54) is 6.08 Å². The fourth-order valence-electron chi connectivity index (χ4n) is 4.80. The predicted molar refractivity (Wildman–Crippen MR) is 109 cm³/mol. The van der Waals surface area contributed by atoms with E-state index in [0.29, 0.717) is 23.0 Å². The largest absolute Gasteiger partial charge is 0.422 e. The molecule has 0 aromatic heterocycles. The number of carbonyl (C=O) groups is 2. The number of rotatable bonds is 4. The molecule has 0 radical (unpaired) electrons. The smallest absolute Gasteiger partial charge is 0.338 e. The minimum atomic E-state index is -0.483. The van der Waals surface area contributed by atoms with E-state index in [0.717, 1.165) is 46.7 Å². The third-order valence-electron chi connectivity index (χ3n) is 6.07. The van der Waals surface area contributed by atoms with Gasteiger partial charge in [0.15, 0.2) is 0 Å². The fraction of sp³-hybridized carbons (Fsp3) is 0.333. The average molecular weight is 376 g/mol. The second-order valence-electron chi connectivity index (χ2n) is 8.29. The Hall–Kier alpha value is -2.88. The highest BCUT2D eigenvalue weighted by Crippen LogP contribution is 2.64. The van der Waals surface area contributed by atoms with E-state index in [2.05, 4.69) is 20.1 Å². The first-order valence-corrected chi connectivity index (χ1v) is 9.58. The third kappa shape index (κ3) is 2.67. The summed E-state index contributed by atoms with van der Waals surface area (Å²) >= 11 is 0. The molecule has 0 N–H and O–H groups in total. The third-order valence-corrected chi connectivity index (χ3v) is 6.07. The summed E-state index contributed by atoms with van der Waals surface area (Å²) in [5, 5.41) is 1.56. The van der Waals surface area contributed by atoms with Crippen molar-refractivity contribution in [3.8, 4) is 11.5 Å². The molecule has 0 heterocycles. The van der Waals surface area contributed by atoms with Crippen molar-refractivity contribution in [3.05, 3.63) is 59.7 Å². The first kappa shape index (κ1) is 18.5. The first-order valence-electron chi connectivity index (χ1n) is 9.58. The molecule has 144 valence electrons. The van der Waals surface area contributed by atoms with Crippen molar-refractivity contribution in [1.82, 2.24) is 0 Å². The van der Waals surface area contributed by atoms with Gasteiger partial charge in [-0.15, -0.1) is 0 Å². The summed E-state index contributed by atoms with van der Waals surface area (Å²) < 4.78 is 11.6. The van der Waals surface area contributed by atoms with E-state index < -0.39 is 11.9 Å². The molecule has 1 fully saturated rings. The van der Waals surface area contributed by atoms with Gasteiger partial charge in [-0.1, -0.05) is 37.8 Å². The molecule has 2 aromatic rings. The lowest BCUT2D eigenvalue weighted by Crippen LogP contribution is -2.20. The van der Waals surface area contributed by atoms with Gasteiger partial charge in [0.2, 0.25) is 0 Å². The van der Waals surface area contributed by atoms with E-state index in [-0.39, 0.29) is 5.41 Å². The summed E-state index contributed by atoms with van der Waals surface area (Å²) in [6.45, 7) is 13.1. The lowest BCUT2D eigenvalue weighted by atomic mass is 9.78. The Kier molecular flexibility index (Phi) is 4.18. The normalized spacial score (nSPS) is 22.0. The highest BCUT2D eigenvalue weighted by Gasteiger charge is 2.50. The van der Waals surface area contributed by atoms with Crippen LogP contribution in [0.1, 0.15) is 55.7 Å². The molecule has 2 aliphatic rings. The molecule has 2 aliphatic carbocycles. The Balaban J connectivity index is 2.08. The summed E-state index contributed by atoms with van der Waals surface area (Å²) in [7, 11) is 0. The Morgan fingerprint density at radius 2 is 1.96 bits per heavy atom. The maximum absolute atomic E-state index is 12.4. The lowest BCUT2D eigenvalue weighted by Gasteiger charge is -2.29. The standard InChI is InChI=1S/C24H24O4/c1-6-18(25)27-22-17-11-14(4)7-8-16(17)21(28-23(26)13(2)3)19-15-9-10-24(5,12-15)20(19)22/h6-8,11,15H,1-2,9-10,12H2,3-5H3. The minimum Gasteiger partial charge on any atom is -0.422 e. The van der Waals surface area contributed by atoms with Gasteiger partial charge < -0.3 is 9.47 Å². The van der Waals surface area contributed by atoms with Crippen molar-refractivity contribution >= 4 is 22.7 Å². The summed E-state index contributed by atoms with van der Waals surface area (Å²) in [5.41, 5.74) is 3.30. The summed E-state index contributed by atoms with van der Waals surface area (Å²) in [6, 6.07) is 5.89. The van der Waals surface area contributed by atoms with Crippen molar-refractivity contribution in [3.63, 3.8) is 0 Å². The lowest BCUT2D eigenvalue weighted by molar-refractivity contribution is -0.130. The van der Waals surface area contributed by atoms with E-state index in [4.69, 9.17) is 9.47 Å². The first-order chi connectivity index (χ1) is 13.2. The molecule has 0 amide bonds. The van der Waals surface area contributed by atoms with Gasteiger partial charge in [0, 0.05) is 33.5 Å². The van der Waals surface area contributed by atoms with E-state index in [1.54, 1.807) is 6.92 Å². The Labute approximate surface area is 164 Å². The Morgan fingerprint density at radius 1 is 1.21 bits per heavy atom. The van der Waals surface area contributed by atoms with Crippen LogP contribution < -0.4 is 9.47 Å². The monoisotopic (exact) mass is 376 g/mol. The van der Waals surface area contributed by atoms with Crippen molar-refractivity contribution in [2.24, 2.45) is 0 Å². The van der Waals surface area contributed by atoms with E-state index in [9.17, 15) is 9.59 Å². The van der Waals surface area contributed by atoms with Crippen LogP contribution in [0.25, 0.3) is 10.8 Å². The number of aryl methyl sites for hydroxylation is 1. The SMILES string of the molecule is C=CC(=O)Oc1c2c(c(OC(=O)C(=C)C)c3ccc(C)cc13)C1CCC2(C)C1. The predicted octanol–water partition coefficient (Wildman–Crippen LogP) is 5.26. The van der Waals surface area contributed by atoms with Crippen LogP contribution in [0.4, 0.5) is 0 Å². The quantitative estimate of drug-likeness (QED) is 0.415. The van der Waals surface area contributed by atoms with Crippen LogP contribution in [-0.2, 0) is 15.0 Å². The number of esters is 2. The van der Waals surface area contributed by atoms with Crippen LogP contribution in [-0.4, -0.2) is 11.9 Å². The Morgan fingerprint density at radius 3 is 2.64 bits per heavy atom. The number of hydrogen-bond donors (Lipinski definition) is 0. The van der Waals surface area contributed by atoms with E-state index in [1.807, 2.05) is 25.1 Å². The number of fused-ring (bicyclic) bond motifs is 6. The van der Waals surface area contributed by atoms with Gasteiger partial charge in [0.1, 0.15) is 11.5 Å². The van der Waals surface area contributed by atoms with Gasteiger partial charge in [-0.05, 0) is 50.5 Å². The second-order valence-corrected chi connectivity index (χ2v) is 8.29. The zero-order valence-electron chi connectivity index (χ0n) is 16.6. The van der Waals surface area contributed by atoms with Gasteiger partial charge >= 0.3 is 11.9 Å². The van der Waals surface area contributed by atoms with Crippen LogP contribution in [0.2, 0.25) is 0 Å². The van der Waals surface area contributed by atoms with Crippen LogP contribution in [0.15, 0.2) is 43.0 Å². The van der Waals surface area contributed by atoms with Crippen LogP contribution in [0, 0.1) is 6.92 Å². The number of benzene rings is 2. The summed E-state index contributed by atoms with van der Waals surface area (Å²) in [5.74, 6) is 0.541. The van der Waals surface area contributed by atoms with Crippen molar-refractivity contribution in [1.29, 1.82) is 0 Å². The fourth-order valence-corrected chi connectivity index (χ4v) is 4.80. The van der Waals surface area contributed by atoms with Gasteiger partial charge in [-0.25, -0.2) is 9.59 Å². The number of hydrogen-bond acceptors (Lipinski definition) is 4. The highest BCUT2D eigenvalue weighted by molar-refractivity contribution is 6.02. The van der Waals surface area contributed by atoms with Crippen molar-refractivity contribution < 1.29 is 19.1 Å². The molecular weight excluding hydrogens is 352 g/mol. The molecular formula is C24H24O4. The average Bonchev–Trinajstić information content (AvgIpc) is 3.17. The zero-order valence-corrected chi connectivity index (χ0v) is 16.6. The van der Waals surface area contributed by atoms with Gasteiger partial charge in [0.25, 0.3) is 0 Å².